The third kappa shape index (κ3) is 5.71. The summed E-state index contributed by atoms with van der Waals surface area (Å²) in [6.45, 7) is 5.52. The average molecular weight is 255 g/mol. The lowest BCUT2D eigenvalue weighted by Gasteiger charge is -2.12. The van der Waals surface area contributed by atoms with Crippen LogP contribution in [0.4, 0.5) is 0 Å². The molecule has 0 bridgehead atoms. The normalized spacial score (nSPS) is 11.3. The third-order valence-electron chi connectivity index (χ3n) is 2.03. The van der Waals surface area contributed by atoms with E-state index < -0.39 is 0 Å². The Balaban J connectivity index is 2.49. The minimum Gasteiger partial charge on any atom is -0.475 e. The lowest BCUT2D eigenvalue weighted by molar-refractivity contribution is 0.229. The van der Waals surface area contributed by atoms with Crippen molar-refractivity contribution in [2.45, 2.75) is 26.5 Å². The SMILES string of the molecule is CC(C)Oc1ncccc1CNC/C=C/CCl. The number of hydrogen-bond donors (Lipinski definition) is 1. The second-order valence-electron chi connectivity index (χ2n) is 3.89. The zero-order chi connectivity index (χ0) is 12.5. The van der Waals surface area contributed by atoms with Crippen LogP contribution >= 0.6 is 11.6 Å². The molecule has 0 radical (unpaired) electrons. The Hall–Kier alpha value is -1.06. The van der Waals surface area contributed by atoms with Gasteiger partial charge in [-0.15, -0.1) is 11.6 Å². The third-order valence-corrected chi connectivity index (χ3v) is 2.21. The average Bonchev–Trinajstić information content (AvgIpc) is 2.30. The van der Waals surface area contributed by atoms with Crippen LogP contribution in [-0.4, -0.2) is 23.5 Å². The Morgan fingerprint density at radius 1 is 1.47 bits per heavy atom. The number of allylic oxidation sites excluding steroid dienone is 1. The molecule has 1 aromatic heterocycles. The summed E-state index contributed by atoms with van der Waals surface area (Å²) < 4.78 is 5.63. The minimum absolute atomic E-state index is 0.139. The van der Waals surface area contributed by atoms with E-state index in [4.69, 9.17) is 16.3 Å². The molecular weight excluding hydrogens is 236 g/mol. The molecule has 3 nitrogen and oxygen atoms in total. The minimum atomic E-state index is 0.139. The fraction of sp³-hybridized carbons (Fsp3) is 0.462. The summed E-state index contributed by atoms with van der Waals surface area (Å²) in [5.41, 5.74) is 1.07. The maximum atomic E-state index is 5.63. The van der Waals surface area contributed by atoms with Gasteiger partial charge in [0.15, 0.2) is 0 Å². The van der Waals surface area contributed by atoms with Gasteiger partial charge in [0.25, 0.3) is 0 Å². The number of halogens is 1. The van der Waals surface area contributed by atoms with Gasteiger partial charge in [0.1, 0.15) is 0 Å². The van der Waals surface area contributed by atoms with Crippen molar-refractivity contribution in [2.24, 2.45) is 0 Å². The number of pyridine rings is 1. The van der Waals surface area contributed by atoms with Gasteiger partial charge in [-0.1, -0.05) is 18.2 Å². The Bertz CT molecular complexity index is 353. The summed E-state index contributed by atoms with van der Waals surface area (Å²) in [6, 6.07) is 3.93. The van der Waals surface area contributed by atoms with Crippen molar-refractivity contribution in [3.05, 3.63) is 36.0 Å². The molecule has 1 rings (SSSR count). The van der Waals surface area contributed by atoms with E-state index in [0.29, 0.717) is 11.8 Å². The highest BCUT2D eigenvalue weighted by Gasteiger charge is 2.05. The predicted molar refractivity (Wildman–Crippen MR) is 71.6 cm³/mol. The van der Waals surface area contributed by atoms with Crippen LogP contribution in [0, 0.1) is 0 Å². The molecule has 1 heterocycles. The Morgan fingerprint density at radius 3 is 3.00 bits per heavy atom. The predicted octanol–water partition coefficient (Wildman–Crippen LogP) is 2.75. The lowest BCUT2D eigenvalue weighted by Crippen LogP contribution is -2.16. The van der Waals surface area contributed by atoms with Crippen molar-refractivity contribution in [1.29, 1.82) is 0 Å². The number of ether oxygens (including phenoxy) is 1. The highest BCUT2D eigenvalue weighted by molar-refractivity contribution is 6.18. The Kier molecular flexibility index (Phi) is 6.67. The molecule has 0 atom stereocenters. The smallest absolute Gasteiger partial charge is 0.218 e. The Labute approximate surface area is 108 Å². The van der Waals surface area contributed by atoms with Gasteiger partial charge in [0.2, 0.25) is 5.88 Å². The molecule has 4 heteroatoms. The summed E-state index contributed by atoms with van der Waals surface area (Å²) >= 11 is 5.54. The molecule has 0 fully saturated rings. The molecule has 1 aromatic rings. The highest BCUT2D eigenvalue weighted by Crippen LogP contribution is 2.15. The number of hydrogen-bond acceptors (Lipinski definition) is 3. The van der Waals surface area contributed by atoms with Gasteiger partial charge < -0.3 is 10.1 Å². The quantitative estimate of drug-likeness (QED) is 0.462. The van der Waals surface area contributed by atoms with E-state index in [1.54, 1.807) is 6.20 Å². The molecule has 0 saturated heterocycles. The van der Waals surface area contributed by atoms with Crippen LogP contribution in [0.15, 0.2) is 30.5 Å². The van der Waals surface area contributed by atoms with E-state index in [2.05, 4.69) is 10.3 Å². The first-order valence-electron chi connectivity index (χ1n) is 5.76. The number of nitrogens with zero attached hydrogens (tertiary/aromatic N) is 1. The fourth-order valence-electron chi connectivity index (χ4n) is 1.32. The maximum absolute atomic E-state index is 5.63. The molecule has 0 aliphatic rings. The van der Waals surface area contributed by atoms with Crippen molar-refractivity contribution in [2.75, 3.05) is 12.4 Å². The number of alkyl halides is 1. The van der Waals surface area contributed by atoms with E-state index in [0.717, 1.165) is 18.7 Å². The van der Waals surface area contributed by atoms with Gasteiger partial charge in [-0.25, -0.2) is 4.98 Å². The fourth-order valence-corrected chi connectivity index (χ4v) is 1.45. The van der Waals surface area contributed by atoms with Crippen LogP contribution in [0.25, 0.3) is 0 Å². The summed E-state index contributed by atoms with van der Waals surface area (Å²) in [4.78, 5) is 4.23. The molecule has 94 valence electrons. The molecule has 17 heavy (non-hydrogen) atoms. The van der Waals surface area contributed by atoms with Crippen LogP contribution < -0.4 is 10.1 Å². The molecule has 1 N–H and O–H groups in total. The van der Waals surface area contributed by atoms with Crippen molar-refractivity contribution in [3.8, 4) is 5.88 Å². The zero-order valence-electron chi connectivity index (χ0n) is 10.3. The van der Waals surface area contributed by atoms with E-state index >= 15 is 0 Å². The van der Waals surface area contributed by atoms with Gasteiger partial charge in [-0.2, -0.15) is 0 Å². The van der Waals surface area contributed by atoms with Gasteiger partial charge in [-0.3, -0.25) is 0 Å². The number of aromatic nitrogens is 1. The summed E-state index contributed by atoms with van der Waals surface area (Å²) in [7, 11) is 0. The molecule has 0 aliphatic carbocycles. The summed E-state index contributed by atoms with van der Waals surface area (Å²) in [5, 5.41) is 3.28. The summed E-state index contributed by atoms with van der Waals surface area (Å²) in [5.74, 6) is 1.26. The number of rotatable bonds is 7. The zero-order valence-corrected chi connectivity index (χ0v) is 11.1. The first kappa shape index (κ1) is 14.0. The van der Waals surface area contributed by atoms with Crippen molar-refractivity contribution >= 4 is 11.6 Å². The maximum Gasteiger partial charge on any atom is 0.218 e. The molecule has 0 saturated carbocycles. The molecule has 0 aliphatic heterocycles. The van der Waals surface area contributed by atoms with E-state index in [9.17, 15) is 0 Å². The Morgan fingerprint density at radius 2 is 2.29 bits per heavy atom. The number of nitrogens with one attached hydrogen (secondary N) is 1. The standard InChI is InChI=1S/C13H19ClN2O/c1-11(2)17-13-12(6-5-9-16-13)10-15-8-4-3-7-14/h3-6,9,11,15H,7-8,10H2,1-2H3/b4-3+. The van der Waals surface area contributed by atoms with Gasteiger partial charge in [0.05, 0.1) is 6.10 Å². The second-order valence-corrected chi connectivity index (χ2v) is 4.20. The summed E-state index contributed by atoms with van der Waals surface area (Å²) in [6.07, 6.45) is 5.81. The lowest BCUT2D eigenvalue weighted by atomic mass is 10.2. The molecule has 0 spiro atoms. The van der Waals surface area contributed by atoms with E-state index in [1.807, 2.05) is 38.1 Å². The largest absolute Gasteiger partial charge is 0.475 e. The van der Waals surface area contributed by atoms with Crippen LogP contribution in [0.2, 0.25) is 0 Å². The van der Waals surface area contributed by atoms with Crippen molar-refractivity contribution < 1.29 is 4.74 Å². The molecule has 0 amide bonds. The molecule has 0 unspecified atom stereocenters. The van der Waals surface area contributed by atoms with Crippen LogP contribution in [0.1, 0.15) is 19.4 Å². The van der Waals surface area contributed by atoms with E-state index in [-0.39, 0.29) is 6.10 Å². The molecule has 0 aromatic carbocycles. The van der Waals surface area contributed by atoms with Crippen molar-refractivity contribution in [1.82, 2.24) is 10.3 Å². The van der Waals surface area contributed by atoms with Crippen LogP contribution in [0.5, 0.6) is 5.88 Å². The first-order chi connectivity index (χ1) is 8.24. The van der Waals surface area contributed by atoms with Crippen LogP contribution in [-0.2, 0) is 6.54 Å². The van der Waals surface area contributed by atoms with Gasteiger partial charge >= 0.3 is 0 Å². The van der Waals surface area contributed by atoms with E-state index in [1.165, 1.54) is 0 Å². The monoisotopic (exact) mass is 254 g/mol. The first-order valence-corrected chi connectivity index (χ1v) is 6.29. The van der Waals surface area contributed by atoms with Crippen LogP contribution in [0.3, 0.4) is 0 Å². The van der Waals surface area contributed by atoms with Crippen molar-refractivity contribution in [3.63, 3.8) is 0 Å². The second kappa shape index (κ2) is 8.09. The molecular formula is C13H19ClN2O. The van der Waals surface area contributed by atoms with Gasteiger partial charge in [-0.05, 0) is 19.9 Å². The topological polar surface area (TPSA) is 34.1 Å². The van der Waals surface area contributed by atoms with Gasteiger partial charge in [0, 0.05) is 30.7 Å². The highest BCUT2D eigenvalue weighted by atomic mass is 35.5.